The van der Waals surface area contributed by atoms with E-state index in [9.17, 15) is 19.7 Å². The molecule has 3 aromatic carbocycles. The number of nitrogens with zero attached hydrogens (tertiary/aromatic N) is 4. The van der Waals surface area contributed by atoms with Gasteiger partial charge in [0.1, 0.15) is 6.54 Å². The number of hydrogen-bond donors (Lipinski definition) is 1. The Labute approximate surface area is 200 Å². The highest BCUT2D eigenvalue weighted by Crippen LogP contribution is 2.27. The van der Waals surface area contributed by atoms with Crippen LogP contribution in [0.3, 0.4) is 0 Å². The van der Waals surface area contributed by atoms with Crippen molar-refractivity contribution < 1.29 is 9.72 Å². The number of pyridine rings is 1. The van der Waals surface area contributed by atoms with Gasteiger partial charge in [-0.05, 0) is 43.2 Å². The lowest BCUT2D eigenvalue weighted by Gasteiger charge is -2.19. The van der Waals surface area contributed by atoms with Crippen LogP contribution in [0.25, 0.3) is 21.8 Å². The normalized spacial score (nSPS) is 13.7. The molecule has 1 saturated heterocycles. The van der Waals surface area contributed by atoms with E-state index in [1.54, 1.807) is 34.9 Å². The van der Waals surface area contributed by atoms with E-state index in [0.29, 0.717) is 27.4 Å². The number of nitro groups is 1. The van der Waals surface area contributed by atoms with Gasteiger partial charge in [-0.2, -0.15) is 5.10 Å². The van der Waals surface area contributed by atoms with E-state index in [0.717, 1.165) is 31.6 Å². The number of hydrogen-bond acceptors (Lipinski definition) is 6. The van der Waals surface area contributed by atoms with Gasteiger partial charge in [0.05, 0.1) is 22.2 Å². The number of fused-ring (bicyclic) bond motifs is 2. The van der Waals surface area contributed by atoms with E-state index in [2.05, 4.69) is 15.4 Å². The molecule has 9 heteroatoms. The summed E-state index contributed by atoms with van der Waals surface area (Å²) in [5.74, 6) is -0.381. The van der Waals surface area contributed by atoms with Crippen molar-refractivity contribution in [1.29, 1.82) is 0 Å². The zero-order chi connectivity index (χ0) is 24.4. The summed E-state index contributed by atoms with van der Waals surface area (Å²) in [4.78, 5) is 38.7. The number of rotatable bonds is 6. The van der Waals surface area contributed by atoms with Crippen molar-refractivity contribution in [1.82, 2.24) is 9.99 Å². The Bertz CT molecular complexity index is 1480. The van der Waals surface area contributed by atoms with Crippen LogP contribution in [-0.4, -0.2) is 34.7 Å². The Hall–Kier alpha value is -4.53. The highest BCUT2D eigenvalue weighted by molar-refractivity contribution is 5.95. The summed E-state index contributed by atoms with van der Waals surface area (Å²) in [6.07, 6.45) is 3.57. The second kappa shape index (κ2) is 9.38. The molecule has 2 heterocycles. The van der Waals surface area contributed by atoms with Gasteiger partial charge in [0.2, 0.25) is 0 Å². The van der Waals surface area contributed by atoms with E-state index in [1.807, 2.05) is 24.3 Å². The smallest absolute Gasteiger partial charge is 0.270 e. The Morgan fingerprint density at radius 3 is 2.26 bits per heavy atom. The quantitative estimate of drug-likeness (QED) is 0.200. The number of aromatic nitrogens is 1. The standard InChI is InChI=1S/C26H23N5O4/c32-25(17-30-23-9-3-1-7-20(23)26(33)21-8-2-4-10-24(21)30)28-27-16-18-15-19(31(34)35)11-12-22(18)29-13-5-6-14-29/h1-4,7-12,15-16H,5-6,13-14,17H2,(H,28,32). The molecule has 0 radical (unpaired) electrons. The van der Waals surface area contributed by atoms with Crippen LogP contribution >= 0.6 is 0 Å². The molecule has 1 N–H and O–H groups in total. The molecule has 1 aliphatic rings. The van der Waals surface area contributed by atoms with Crippen LogP contribution in [0.4, 0.5) is 11.4 Å². The minimum Gasteiger partial charge on any atom is -0.371 e. The Kier molecular flexibility index (Phi) is 5.97. The van der Waals surface area contributed by atoms with Crippen molar-refractivity contribution in [3.63, 3.8) is 0 Å². The summed E-state index contributed by atoms with van der Waals surface area (Å²) in [6.45, 7) is 1.70. The summed E-state index contributed by atoms with van der Waals surface area (Å²) < 4.78 is 1.79. The highest BCUT2D eigenvalue weighted by Gasteiger charge is 2.18. The maximum absolute atomic E-state index is 12.9. The molecule has 0 aliphatic carbocycles. The maximum Gasteiger partial charge on any atom is 0.270 e. The fourth-order valence-electron chi connectivity index (χ4n) is 4.60. The van der Waals surface area contributed by atoms with Gasteiger partial charge < -0.3 is 9.47 Å². The maximum atomic E-state index is 12.9. The molecule has 1 aromatic heterocycles. The summed E-state index contributed by atoms with van der Waals surface area (Å²) in [7, 11) is 0. The summed E-state index contributed by atoms with van der Waals surface area (Å²) in [5, 5.41) is 16.4. The number of carbonyl (C=O) groups is 1. The topological polar surface area (TPSA) is 110 Å². The van der Waals surface area contributed by atoms with Crippen molar-refractivity contribution in [3.05, 3.63) is 92.6 Å². The van der Waals surface area contributed by atoms with Crippen molar-refractivity contribution in [2.75, 3.05) is 18.0 Å². The van der Waals surface area contributed by atoms with Gasteiger partial charge in [-0.3, -0.25) is 19.7 Å². The van der Waals surface area contributed by atoms with Gasteiger partial charge in [-0.15, -0.1) is 0 Å². The molecule has 4 aromatic rings. The average molecular weight is 470 g/mol. The lowest BCUT2D eigenvalue weighted by atomic mass is 10.1. The number of carbonyl (C=O) groups excluding carboxylic acids is 1. The van der Waals surface area contributed by atoms with Crippen molar-refractivity contribution >= 4 is 45.3 Å². The lowest BCUT2D eigenvalue weighted by Crippen LogP contribution is -2.25. The average Bonchev–Trinajstić information content (AvgIpc) is 3.41. The van der Waals surface area contributed by atoms with Crippen molar-refractivity contribution in [3.8, 4) is 0 Å². The molecule has 0 bridgehead atoms. The molecule has 1 fully saturated rings. The predicted molar refractivity (Wildman–Crippen MR) is 136 cm³/mol. The Morgan fingerprint density at radius 2 is 1.63 bits per heavy atom. The van der Waals surface area contributed by atoms with Crippen molar-refractivity contribution in [2.24, 2.45) is 5.10 Å². The largest absolute Gasteiger partial charge is 0.371 e. The first-order valence-corrected chi connectivity index (χ1v) is 11.4. The zero-order valence-electron chi connectivity index (χ0n) is 18.9. The van der Waals surface area contributed by atoms with Gasteiger partial charge in [0.15, 0.2) is 5.43 Å². The molecular formula is C26H23N5O4. The van der Waals surface area contributed by atoms with Crippen LogP contribution in [0.15, 0.2) is 76.6 Å². The third kappa shape index (κ3) is 4.35. The summed E-state index contributed by atoms with van der Waals surface area (Å²) >= 11 is 0. The van der Waals surface area contributed by atoms with E-state index < -0.39 is 4.92 Å². The number of benzene rings is 3. The van der Waals surface area contributed by atoms with Crippen LogP contribution in [0, 0.1) is 10.1 Å². The van der Waals surface area contributed by atoms with Gasteiger partial charge in [0.25, 0.3) is 11.6 Å². The number of para-hydroxylation sites is 2. The fraction of sp³-hybridized carbons (Fsp3) is 0.192. The molecular weight excluding hydrogens is 446 g/mol. The van der Waals surface area contributed by atoms with Gasteiger partial charge in [0, 0.05) is 47.2 Å². The second-order valence-electron chi connectivity index (χ2n) is 8.44. The second-order valence-corrected chi connectivity index (χ2v) is 8.44. The Balaban J connectivity index is 1.43. The number of hydrazone groups is 1. The van der Waals surface area contributed by atoms with Gasteiger partial charge >= 0.3 is 0 Å². The number of non-ortho nitro benzene ring substituents is 1. The SMILES string of the molecule is O=C(Cn1c2ccccc2c(=O)c2ccccc21)NN=Cc1cc([N+](=O)[O-])ccc1N1CCCC1. The number of amides is 1. The number of nitro benzene ring substituents is 1. The van der Waals surface area contributed by atoms with Gasteiger partial charge in [-0.1, -0.05) is 24.3 Å². The van der Waals surface area contributed by atoms with Crippen LogP contribution in [0.1, 0.15) is 18.4 Å². The first kappa shape index (κ1) is 22.3. The monoisotopic (exact) mass is 469 g/mol. The third-order valence-corrected chi connectivity index (χ3v) is 6.24. The zero-order valence-corrected chi connectivity index (χ0v) is 18.9. The molecule has 1 aliphatic heterocycles. The third-order valence-electron chi connectivity index (χ3n) is 6.24. The number of anilines is 1. The minimum atomic E-state index is -0.448. The molecule has 9 nitrogen and oxygen atoms in total. The van der Waals surface area contributed by atoms with Crippen LogP contribution in [-0.2, 0) is 11.3 Å². The highest BCUT2D eigenvalue weighted by atomic mass is 16.6. The van der Waals surface area contributed by atoms with E-state index >= 15 is 0 Å². The first-order valence-electron chi connectivity index (χ1n) is 11.4. The fourth-order valence-corrected chi connectivity index (χ4v) is 4.60. The molecule has 35 heavy (non-hydrogen) atoms. The van der Waals surface area contributed by atoms with E-state index in [4.69, 9.17) is 0 Å². The molecule has 0 atom stereocenters. The van der Waals surface area contributed by atoms with Crippen LogP contribution in [0.5, 0.6) is 0 Å². The first-order chi connectivity index (χ1) is 17.0. The molecule has 5 rings (SSSR count). The molecule has 176 valence electrons. The predicted octanol–water partition coefficient (Wildman–Crippen LogP) is 3.81. The van der Waals surface area contributed by atoms with E-state index in [-0.39, 0.29) is 23.6 Å². The van der Waals surface area contributed by atoms with Crippen LogP contribution < -0.4 is 15.8 Å². The van der Waals surface area contributed by atoms with Gasteiger partial charge in [-0.25, -0.2) is 5.43 Å². The molecule has 0 spiro atoms. The molecule has 0 unspecified atom stereocenters. The molecule has 0 saturated carbocycles. The Morgan fingerprint density at radius 1 is 1.00 bits per heavy atom. The van der Waals surface area contributed by atoms with E-state index in [1.165, 1.54) is 18.3 Å². The van der Waals surface area contributed by atoms with Crippen LogP contribution in [0.2, 0.25) is 0 Å². The lowest BCUT2D eigenvalue weighted by molar-refractivity contribution is -0.384. The summed E-state index contributed by atoms with van der Waals surface area (Å²) in [5.41, 5.74) is 5.16. The number of nitrogens with one attached hydrogen (secondary N) is 1. The minimum absolute atomic E-state index is 0.0353. The summed E-state index contributed by atoms with van der Waals surface area (Å²) in [6, 6.07) is 19.0. The van der Waals surface area contributed by atoms with Crippen molar-refractivity contribution in [2.45, 2.75) is 19.4 Å². The molecule has 1 amide bonds.